The molecular weight excluding hydrogens is 410 g/mol. The lowest BCUT2D eigenvalue weighted by Gasteiger charge is -2.20. The molecule has 0 aliphatic heterocycles. The van der Waals surface area contributed by atoms with Crippen LogP contribution in [-0.4, -0.2) is 34.9 Å². The van der Waals surface area contributed by atoms with E-state index in [1.807, 2.05) is 6.08 Å². The molecule has 0 aromatic rings. The van der Waals surface area contributed by atoms with Crippen molar-refractivity contribution in [3.63, 3.8) is 0 Å². The van der Waals surface area contributed by atoms with Crippen LogP contribution in [0, 0.1) is 0 Å². The van der Waals surface area contributed by atoms with E-state index in [4.69, 9.17) is 0 Å². The van der Waals surface area contributed by atoms with Gasteiger partial charge in [0.15, 0.2) is 0 Å². The molecule has 3 N–H and O–H groups in total. The number of unbranched alkanes of at least 4 members (excludes halogenated alkanes) is 18. The third-order valence-corrected chi connectivity index (χ3v) is 6.52. The van der Waals surface area contributed by atoms with Crippen LogP contribution in [0.2, 0.25) is 0 Å². The Hall–Kier alpha value is -0.870. The van der Waals surface area contributed by atoms with Crippen molar-refractivity contribution >= 4 is 5.91 Å². The maximum Gasteiger partial charge on any atom is 0.220 e. The summed E-state index contributed by atoms with van der Waals surface area (Å²) in [7, 11) is 0. The van der Waals surface area contributed by atoms with Crippen molar-refractivity contribution in [2.45, 2.75) is 161 Å². The van der Waals surface area contributed by atoms with Crippen LogP contribution < -0.4 is 5.32 Å². The van der Waals surface area contributed by atoms with Crippen molar-refractivity contribution in [1.29, 1.82) is 0 Å². The average Bonchev–Trinajstić information content (AvgIpc) is 2.82. The van der Waals surface area contributed by atoms with E-state index >= 15 is 0 Å². The number of carbonyl (C=O) groups excluding carboxylic acids is 1. The Morgan fingerprint density at radius 1 is 0.697 bits per heavy atom. The van der Waals surface area contributed by atoms with E-state index in [0.29, 0.717) is 6.42 Å². The lowest BCUT2D eigenvalue weighted by molar-refractivity contribution is -0.123. The summed E-state index contributed by atoms with van der Waals surface area (Å²) in [5, 5.41) is 22.6. The van der Waals surface area contributed by atoms with Crippen LogP contribution in [0.3, 0.4) is 0 Å². The van der Waals surface area contributed by atoms with Gasteiger partial charge in [0.2, 0.25) is 5.91 Å². The molecule has 0 aromatic heterocycles. The monoisotopic (exact) mass is 467 g/mol. The Labute approximate surface area is 206 Å². The molecule has 4 nitrogen and oxygen atoms in total. The second kappa shape index (κ2) is 25.7. The minimum Gasteiger partial charge on any atom is -0.394 e. The molecule has 0 rings (SSSR count). The summed E-state index contributed by atoms with van der Waals surface area (Å²) in [5.41, 5.74) is 0. The number of amides is 1. The fourth-order valence-corrected chi connectivity index (χ4v) is 4.23. The molecule has 0 radical (unpaired) electrons. The third-order valence-electron chi connectivity index (χ3n) is 6.52. The van der Waals surface area contributed by atoms with Gasteiger partial charge in [-0.25, -0.2) is 0 Å². The van der Waals surface area contributed by atoms with Crippen molar-refractivity contribution < 1.29 is 15.0 Å². The van der Waals surface area contributed by atoms with E-state index in [1.165, 1.54) is 103 Å². The van der Waals surface area contributed by atoms with Gasteiger partial charge < -0.3 is 15.5 Å². The summed E-state index contributed by atoms with van der Waals surface area (Å²) in [6, 6.07) is -0.611. The van der Waals surface area contributed by atoms with E-state index in [0.717, 1.165) is 25.7 Å². The summed E-state index contributed by atoms with van der Waals surface area (Å²) < 4.78 is 0. The average molecular weight is 468 g/mol. The number of nitrogens with one attached hydrogen (secondary N) is 1. The zero-order chi connectivity index (χ0) is 24.4. The Bertz CT molecular complexity index is 439. The summed E-state index contributed by atoms with van der Waals surface area (Å²) in [6.07, 6.45) is 28.6. The zero-order valence-corrected chi connectivity index (χ0v) is 22.2. The maximum absolute atomic E-state index is 12.1. The molecule has 0 spiro atoms. The molecule has 0 aromatic carbocycles. The molecule has 196 valence electrons. The fraction of sp³-hybridized carbons (Fsp3) is 0.897. The van der Waals surface area contributed by atoms with E-state index in [1.54, 1.807) is 6.08 Å². The first-order valence-electron chi connectivity index (χ1n) is 14.4. The molecule has 0 unspecified atom stereocenters. The van der Waals surface area contributed by atoms with E-state index < -0.39 is 12.1 Å². The van der Waals surface area contributed by atoms with Crippen LogP contribution in [0.4, 0.5) is 0 Å². The molecule has 0 saturated heterocycles. The number of hydrogen-bond donors (Lipinski definition) is 3. The molecule has 0 aliphatic carbocycles. The van der Waals surface area contributed by atoms with Crippen molar-refractivity contribution in [3.8, 4) is 0 Å². The van der Waals surface area contributed by atoms with Crippen LogP contribution in [0.1, 0.15) is 149 Å². The third kappa shape index (κ3) is 22.7. The van der Waals surface area contributed by atoms with Crippen LogP contribution >= 0.6 is 0 Å². The number of allylic oxidation sites excluding steroid dienone is 1. The highest BCUT2D eigenvalue weighted by Gasteiger charge is 2.17. The van der Waals surface area contributed by atoms with Gasteiger partial charge in [-0.05, 0) is 19.3 Å². The van der Waals surface area contributed by atoms with Crippen LogP contribution in [0.25, 0.3) is 0 Å². The molecule has 33 heavy (non-hydrogen) atoms. The lowest BCUT2D eigenvalue weighted by Crippen LogP contribution is -2.45. The molecule has 0 heterocycles. The second-order valence-corrected chi connectivity index (χ2v) is 9.82. The number of aliphatic hydroxyl groups is 2. The SMILES string of the molecule is CCCCCCCCCCCCCC/C=C/[C@@H](O)[C@H](CO)NC(=O)CCCCCCCCC. The highest BCUT2D eigenvalue weighted by molar-refractivity contribution is 5.76. The topological polar surface area (TPSA) is 69.6 Å². The van der Waals surface area contributed by atoms with Crippen molar-refractivity contribution in [2.24, 2.45) is 0 Å². The normalized spacial score (nSPS) is 13.5. The predicted octanol–water partition coefficient (Wildman–Crippen LogP) is 7.61. The van der Waals surface area contributed by atoms with Gasteiger partial charge in [-0.3, -0.25) is 4.79 Å². The number of hydrogen-bond acceptors (Lipinski definition) is 3. The highest BCUT2D eigenvalue weighted by Crippen LogP contribution is 2.13. The summed E-state index contributed by atoms with van der Waals surface area (Å²) in [4.78, 5) is 12.1. The minimum absolute atomic E-state index is 0.0731. The molecule has 1 amide bonds. The second-order valence-electron chi connectivity index (χ2n) is 9.82. The van der Waals surface area contributed by atoms with Crippen LogP contribution in [0.5, 0.6) is 0 Å². The largest absolute Gasteiger partial charge is 0.394 e. The van der Waals surface area contributed by atoms with Gasteiger partial charge in [0.05, 0.1) is 18.8 Å². The first-order valence-corrected chi connectivity index (χ1v) is 14.4. The standard InChI is InChI=1S/C29H57NO3/c1-3-5-7-9-11-12-13-14-15-16-17-19-20-22-24-28(32)27(26-31)30-29(33)25-23-21-18-10-8-6-4-2/h22,24,27-28,31-32H,3-21,23,25-26H2,1-2H3,(H,30,33)/b24-22+/t27-,28+/m0/s1. The Kier molecular flexibility index (Phi) is 25.1. The summed E-state index contributed by atoms with van der Waals surface area (Å²) >= 11 is 0. The molecule has 0 saturated carbocycles. The van der Waals surface area contributed by atoms with Gasteiger partial charge in [-0.15, -0.1) is 0 Å². The van der Waals surface area contributed by atoms with E-state index in [2.05, 4.69) is 19.2 Å². The molecule has 0 bridgehead atoms. The zero-order valence-electron chi connectivity index (χ0n) is 22.2. The van der Waals surface area contributed by atoms with Crippen molar-refractivity contribution in [2.75, 3.05) is 6.61 Å². The molecular formula is C29H57NO3. The number of rotatable bonds is 25. The van der Waals surface area contributed by atoms with Crippen molar-refractivity contribution in [1.82, 2.24) is 5.32 Å². The first kappa shape index (κ1) is 32.1. The van der Waals surface area contributed by atoms with Gasteiger partial charge >= 0.3 is 0 Å². The van der Waals surface area contributed by atoms with Gasteiger partial charge in [0.1, 0.15) is 0 Å². The van der Waals surface area contributed by atoms with Crippen molar-refractivity contribution in [3.05, 3.63) is 12.2 Å². The quantitative estimate of drug-likeness (QED) is 0.0955. The Morgan fingerprint density at radius 2 is 1.12 bits per heavy atom. The Balaban J connectivity index is 3.67. The molecule has 2 atom stereocenters. The van der Waals surface area contributed by atoms with Gasteiger partial charge in [-0.1, -0.05) is 135 Å². The first-order chi connectivity index (χ1) is 16.2. The minimum atomic E-state index is -0.828. The summed E-state index contributed by atoms with van der Waals surface area (Å²) in [5.74, 6) is -0.0731. The van der Waals surface area contributed by atoms with E-state index in [9.17, 15) is 15.0 Å². The Morgan fingerprint density at radius 3 is 1.58 bits per heavy atom. The van der Waals surface area contributed by atoms with Gasteiger partial charge in [-0.2, -0.15) is 0 Å². The lowest BCUT2D eigenvalue weighted by atomic mass is 10.0. The number of carbonyl (C=O) groups is 1. The van der Waals surface area contributed by atoms with Crippen LogP contribution in [-0.2, 0) is 4.79 Å². The van der Waals surface area contributed by atoms with Gasteiger partial charge in [0.25, 0.3) is 0 Å². The molecule has 0 aliphatic rings. The molecule has 4 heteroatoms. The molecule has 0 fully saturated rings. The number of aliphatic hydroxyl groups excluding tert-OH is 2. The summed E-state index contributed by atoms with van der Waals surface area (Å²) in [6.45, 7) is 4.24. The predicted molar refractivity (Wildman–Crippen MR) is 142 cm³/mol. The maximum atomic E-state index is 12.1. The van der Waals surface area contributed by atoms with E-state index in [-0.39, 0.29) is 12.5 Å². The fourth-order valence-electron chi connectivity index (χ4n) is 4.23. The smallest absolute Gasteiger partial charge is 0.220 e. The van der Waals surface area contributed by atoms with Gasteiger partial charge in [0, 0.05) is 6.42 Å². The van der Waals surface area contributed by atoms with Crippen LogP contribution in [0.15, 0.2) is 12.2 Å². The highest BCUT2D eigenvalue weighted by atomic mass is 16.3.